The van der Waals surface area contributed by atoms with Gasteiger partial charge in [-0.2, -0.15) is 0 Å². The number of halogens is 1. The zero-order chi connectivity index (χ0) is 11.3. The van der Waals surface area contributed by atoms with Gasteiger partial charge in [0.25, 0.3) is 0 Å². The molecule has 1 N–H and O–H groups in total. The molecule has 0 aliphatic heterocycles. The molecule has 5 nitrogen and oxygen atoms in total. The lowest BCUT2D eigenvalue weighted by atomic mass is 10.4. The van der Waals surface area contributed by atoms with E-state index in [2.05, 4.69) is 14.7 Å². The van der Waals surface area contributed by atoms with Crippen LogP contribution >= 0.6 is 11.6 Å². The zero-order valence-corrected chi connectivity index (χ0v) is 9.85. The Labute approximate surface area is 93.9 Å². The Morgan fingerprint density at radius 2 is 2.13 bits per heavy atom. The van der Waals surface area contributed by atoms with E-state index in [1.54, 1.807) is 0 Å². The summed E-state index contributed by atoms with van der Waals surface area (Å²) in [5.74, 6) is 0.281. The van der Waals surface area contributed by atoms with Crippen LogP contribution in [-0.2, 0) is 10.0 Å². The first-order valence-electron chi connectivity index (χ1n) is 4.51. The average Bonchev–Trinajstić information content (AvgIpc) is 2.18. The zero-order valence-electron chi connectivity index (χ0n) is 8.27. The maximum atomic E-state index is 11.4. The van der Waals surface area contributed by atoms with Crippen molar-refractivity contribution in [3.05, 3.63) is 17.5 Å². The number of sulfonamides is 1. The van der Waals surface area contributed by atoms with Crippen LogP contribution in [0.4, 0.5) is 5.82 Å². The van der Waals surface area contributed by atoms with E-state index in [9.17, 15) is 8.42 Å². The third kappa shape index (κ3) is 4.44. The number of anilines is 1. The van der Waals surface area contributed by atoms with E-state index >= 15 is 0 Å². The first-order chi connectivity index (χ1) is 7.03. The SMILES string of the molecule is CCCCS(=O)(=O)Nc1cnc(Cl)cn1. The Kier molecular flexibility index (Phi) is 4.28. The largest absolute Gasteiger partial charge is 0.266 e. The molecule has 0 fully saturated rings. The summed E-state index contributed by atoms with van der Waals surface area (Å²) >= 11 is 5.52. The summed E-state index contributed by atoms with van der Waals surface area (Å²) in [5, 5.41) is 0.228. The van der Waals surface area contributed by atoms with Crippen molar-refractivity contribution in [2.45, 2.75) is 19.8 Å². The van der Waals surface area contributed by atoms with Gasteiger partial charge in [0.05, 0.1) is 18.1 Å². The van der Waals surface area contributed by atoms with E-state index in [0.29, 0.717) is 6.42 Å². The van der Waals surface area contributed by atoms with Crippen LogP contribution in [0.25, 0.3) is 0 Å². The lowest BCUT2D eigenvalue weighted by Crippen LogP contribution is -2.17. The molecule has 0 radical (unpaired) electrons. The number of nitrogens with one attached hydrogen (secondary N) is 1. The quantitative estimate of drug-likeness (QED) is 0.862. The first-order valence-corrected chi connectivity index (χ1v) is 6.54. The number of aromatic nitrogens is 2. The molecular weight excluding hydrogens is 238 g/mol. The van der Waals surface area contributed by atoms with Crippen molar-refractivity contribution in [1.82, 2.24) is 9.97 Å². The Balaban J connectivity index is 2.65. The van der Waals surface area contributed by atoms with E-state index < -0.39 is 10.0 Å². The van der Waals surface area contributed by atoms with E-state index in [-0.39, 0.29) is 16.7 Å². The van der Waals surface area contributed by atoms with Gasteiger partial charge in [-0.1, -0.05) is 24.9 Å². The number of rotatable bonds is 5. The highest BCUT2D eigenvalue weighted by Crippen LogP contribution is 2.08. The maximum Gasteiger partial charge on any atom is 0.233 e. The van der Waals surface area contributed by atoms with Crippen LogP contribution in [0.1, 0.15) is 19.8 Å². The average molecular weight is 250 g/mol. The fourth-order valence-corrected chi connectivity index (χ4v) is 2.20. The molecule has 1 aromatic rings. The lowest BCUT2D eigenvalue weighted by Gasteiger charge is -2.05. The molecule has 0 unspecified atom stereocenters. The van der Waals surface area contributed by atoms with E-state index in [1.807, 2.05) is 6.92 Å². The van der Waals surface area contributed by atoms with E-state index in [0.717, 1.165) is 6.42 Å². The second kappa shape index (κ2) is 5.27. The van der Waals surface area contributed by atoms with Gasteiger partial charge in [-0.15, -0.1) is 0 Å². The fraction of sp³-hybridized carbons (Fsp3) is 0.500. The summed E-state index contributed by atoms with van der Waals surface area (Å²) in [7, 11) is -3.31. The Bertz CT molecular complexity index is 404. The number of nitrogens with zero attached hydrogens (tertiary/aromatic N) is 2. The highest BCUT2D eigenvalue weighted by atomic mass is 35.5. The van der Waals surface area contributed by atoms with Crippen molar-refractivity contribution in [1.29, 1.82) is 0 Å². The molecule has 0 bridgehead atoms. The van der Waals surface area contributed by atoms with Gasteiger partial charge < -0.3 is 0 Å². The van der Waals surface area contributed by atoms with Gasteiger partial charge in [0, 0.05) is 0 Å². The smallest absolute Gasteiger partial charge is 0.233 e. The maximum absolute atomic E-state index is 11.4. The van der Waals surface area contributed by atoms with Crippen LogP contribution in [0.15, 0.2) is 12.4 Å². The minimum Gasteiger partial charge on any atom is -0.266 e. The highest BCUT2D eigenvalue weighted by molar-refractivity contribution is 7.92. The molecule has 0 aliphatic carbocycles. The monoisotopic (exact) mass is 249 g/mol. The van der Waals surface area contributed by atoms with Crippen molar-refractivity contribution in [3.63, 3.8) is 0 Å². The molecule has 0 saturated carbocycles. The number of unbranched alkanes of at least 4 members (excludes halogenated alkanes) is 1. The van der Waals surface area contributed by atoms with Gasteiger partial charge in [0.2, 0.25) is 10.0 Å². The van der Waals surface area contributed by atoms with Crippen molar-refractivity contribution in [2.24, 2.45) is 0 Å². The molecule has 0 saturated heterocycles. The molecule has 84 valence electrons. The lowest BCUT2D eigenvalue weighted by molar-refractivity contribution is 0.597. The second-order valence-corrected chi connectivity index (χ2v) is 5.23. The normalized spacial score (nSPS) is 11.3. The summed E-state index contributed by atoms with van der Waals surface area (Å²) in [4.78, 5) is 7.51. The molecular formula is C8H12ClN3O2S. The van der Waals surface area contributed by atoms with Crippen LogP contribution in [0.3, 0.4) is 0 Å². The van der Waals surface area contributed by atoms with E-state index in [4.69, 9.17) is 11.6 Å². The fourth-order valence-electron chi connectivity index (χ4n) is 0.910. The van der Waals surface area contributed by atoms with Gasteiger partial charge >= 0.3 is 0 Å². The molecule has 0 atom stereocenters. The standard InChI is InChI=1S/C8H12ClN3O2S/c1-2-3-4-15(13,14)12-8-6-10-7(9)5-11-8/h5-6H,2-4H2,1H3,(H,11,12). The summed E-state index contributed by atoms with van der Waals surface area (Å²) in [5.41, 5.74) is 0. The Morgan fingerprint density at radius 3 is 2.67 bits per heavy atom. The number of hydrogen-bond acceptors (Lipinski definition) is 4. The van der Waals surface area contributed by atoms with Crippen LogP contribution in [0.5, 0.6) is 0 Å². The second-order valence-electron chi connectivity index (χ2n) is 3.00. The Morgan fingerprint density at radius 1 is 1.40 bits per heavy atom. The van der Waals surface area contributed by atoms with Gasteiger partial charge in [-0.25, -0.2) is 18.4 Å². The van der Waals surface area contributed by atoms with Crippen molar-refractivity contribution < 1.29 is 8.42 Å². The topological polar surface area (TPSA) is 72.0 Å². The Hall–Kier alpha value is -0.880. The molecule has 1 aromatic heterocycles. The molecule has 7 heteroatoms. The number of hydrogen-bond donors (Lipinski definition) is 1. The molecule has 0 aromatic carbocycles. The summed E-state index contributed by atoms with van der Waals surface area (Å²) in [6, 6.07) is 0. The minimum absolute atomic E-state index is 0.0911. The van der Waals surface area contributed by atoms with Crippen molar-refractivity contribution in [2.75, 3.05) is 10.5 Å². The van der Waals surface area contributed by atoms with Crippen LogP contribution in [0.2, 0.25) is 5.15 Å². The minimum atomic E-state index is -3.31. The highest BCUT2D eigenvalue weighted by Gasteiger charge is 2.10. The summed E-state index contributed by atoms with van der Waals surface area (Å²) < 4.78 is 25.2. The third-order valence-electron chi connectivity index (χ3n) is 1.65. The van der Waals surface area contributed by atoms with Crippen molar-refractivity contribution in [3.8, 4) is 0 Å². The van der Waals surface area contributed by atoms with Gasteiger partial charge in [0.1, 0.15) is 5.15 Å². The molecule has 1 heterocycles. The van der Waals surface area contributed by atoms with Gasteiger partial charge in [0.15, 0.2) is 5.82 Å². The van der Waals surface area contributed by atoms with E-state index in [1.165, 1.54) is 12.4 Å². The predicted molar refractivity (Wildman–Crippen MR) is 59.4 cm³/mol. The molecule has 0 aliphatic rings. The first kappa shape index (κ1) is 12.2. The summed E-state index contributed by atoms with van der Waals surface area (Å²) in [6.45, 7) is 1.93. The van der Waals surface area contributed by atoms with Crippen molar-refractivity contribution >= 4 is 27.4 Å². The van der Waals surface area contributed by atoms with Gasteiger partial charge in [-0.3, -0.25) is 4.72 Å². The van der Waals surface area contributed by atoms with Gasteiger partial charge in [-0.05, 0) is 6.42 Å². The van der Waals surface area contributed by atoms with Crippen LogP contribution in [-0.4, -0.2) is 24.1 Å². The molecule has 0 amide bonds. The van der Waals surface area contributed by atoms with Crippen LogP contribution < -0.4 is 4.72 Å². The molecule has 15 heavy (non-hydrogen) atoms. The molecule has 0 spiro atoms. The van der Waals surface area contributed by atoms with Crippen LogP contribution in [0, 0.1) is 0 Å². The summed E-state index contributed by atoms with van der Waals surface area (Å²) in [6.07, 6.45) is 4.02. The molecule has 1 rings (SSSR count). The predicted octanol–water partition coefficient (Wildman–Crippen LogP) is 1.67. The third-order valence-corrected chi connectivity index (χ3v) is 3.19.